The van der Waals surface area contributed by atoms with E-state index in [1.54, 1.807) is 48.5 Å². The summed E-state index contributed by atoms with van der Waals surface area (Å²) in [5.41, 5.74) is 3.02. The number of furan rings is 1. The van der Waals surface area contributed by atoms with Crippen LogP contribution in [0.1, 0.15) is 44.1 Å². The van der Waals surface area contributed by atoms with Crippen molar-refractivity contribution in [3.05, 3.63) is 89.5 Å². The third-order valence-electron chi connectivity index (χ3n) is 6.25. The van der Waals surface area contributed by atoms with Gasteiger partial charge in [-0.3, -0.25) is 4.79 Å². The summed E-state index contributed by atoms with van der Waals surface area (Å²) in [6.45, 7) is 6.01. The lowest BCUT2D eigenvalue weighted by Gasteiger charge is -2.36. The molecule has 0 saturated heterocycles. The van der Waals surface area contributed by atoms with Gasteiger partial charge in [0.2, 0.25) is 0 Å². The third-order valence-corrected chi connectivity index (χ3v) is 8.04. The zero-order valence-corrected chi connectivity index (χ0v) is 19.6. The number of ketones is 1. The minimum Gasteiger partial charge on any atom is -0.467 e. The van der Waals surface area contributed by atoms with Crippen LogP contribution in [0.5, 0.6) is 0 Å². The smallest absolute Gasteiger partial charge is 0.265 e. The van der Waals surface area contributed by atoms with Crippen molar-refractivity contribution < 1.29 is 17.6 Å². The number of para-hydroxylation sites is 2. The number of fused-ring (bicyclic) bond motifs is 1. The van der Waals surface area contributed by atoms with Crippen LogP contribution in [0, 0.1) is 12.3 Å². The fraction of sp³-hybridized carbons (Fsp3) is 0.269. The molecule has 1 aliphatic heterocycles. The summed E-state index contributed by atoms with van der Waals surface area (Å²) in [6, 6.07) is 16.5. The topological polar surface area (TPSA) is 79.6 Å². The number of hydrogen-bond donors (Lipinski definition) is 1. The quantitative estimate of drug-likeness (QED) is 0.549. The first kappa shape index (κ1) is 21.5. The molecule has 0 amide bonds. The molecule has 0 fully saturated rings. The van der Waals surface area contributed by atoms with Crippen LogP contribution in [0.3, 0.4) is 0 Å². The van der Waals surface area contributed by atoms with E-state index in [-0.39, 0.29) is 16.1 Å². The zero-order valence-electron chi connectivity index (χ0n) is 18.8. The first-order valence-corrected chi connectivity index (χ1v) is 12.4. The number of Topliss-reactive ketones (excluding diaryl/α,β-unsaturated/α-hetero) is 1. The highest BCUT2D eigenvalue weighted by molar-refractivity contribution is 7.92. The molecule has 1 aromatic heterocycles. The largest absolute Gasteiger partial charge is 0.467 e. The Balaban J connectivity index is 1.82. The lowest BCUT2D eigenvalue weighted by atomic mass is 9.74. The van der Waals surface area contributed by atoms with E-state index in [1.807, 2.05) is 19.1 Å². The Morgan fingerprint density at radius 1 is 1.00 bits per heavy atom. The number of aryl methyl sites for hydroxylation is 1. The van der Waals surface area contributed by atoms with Crippen molar-refractivity contribution in [1.29, 1.82) is 0 Å². The zero-order chi connectivity index (χ0) is 23.4. The minimum atomic E-state index is -4.05. The van der Waals surface area contributed by atoms with Gasteiger partial charge in [-0.1, -0.05) is 43.7 Å². The van der Waals surface area contributed by atoms with E-state index in [4.69, 9.17) is 4.42 Å². The molecule has 1 atom stereocenters. The maximum Gasteiger partial charge on any atom is 0.265 e. The van der Waals surface area contributed by atoms with Crippen LogP contribution in [0.15, 0.2) is 87.5 Å². The third kappa shape index (κ3) is 3.66. The standard InChI is InChI=1S/C26H26N2O4S/c1-17-10-12-18(13-11-17)33(30,31)28-21-8-5-4-7-19(21)27-20-15-26(2,3)16-22(29)24(20)25(28)23-9-6-14-32-23/h4-14,25,27H,15-16H2,1-3H3/t25-/m0/s1. The summed E-state index contributed by atoms with van der Waals surface area (Å²) in [7, 11) is -4.05. The molecule has 0 unspecified atom stereocenters. The summed E-state index contributed by atoms with van der Waals surface area (Å²) in [4.78, 5) is 13.7. The fourth-order valence-electron chi connectivity index (χ4n) is 4.75. The molecule has 6 nitrogen and oxygen atoms in total. The van der Waals surface area contributed by atoms with Crippen molar-refractivity contribution in [1.82, 2.24) is 0 Å². The van der Waals surface area contributed by atoms with Crippen molar-refractivity contribution in [2.75, 3.05) is 9.62 Å². The van der Waals surface area contributed by atoms with E-state index in [1.165, 1.54) is 10.6 Å². The van der Waals surface area contributed by atoms with Gasteiger partial charge in [0.25, 0.3) is 10.0 Å². The molecule has 2 aliphatic rings. The first-order chi connectivity index (χ1) is 15.7. The molecule has 2 heterocycles. The SMILES string of the molecule is Cc1ccc(S(=O)(=O)N2c3ccccc3NC3=C(C(=O)CC(C)(C)C3)[C@@H]2c2ccco2)cc1. The molecule has 1 N–H and O–H groups in total. The highest BCUT2D eigenvalue weighted by atomic mass is 32.2. The van der Waals surface area contributed by atoms with Crippen LogP contribution in [0.2, 0.25) is 0 Å². The van der Waals surface area contributed by atoms with Gasteiger partial charge in [0.05, 0.1) is 22.5 Å². The summed E-state index contributed by atoms with van der Waals surface area (Å²) in [5, 5.41) is 3.41. The number of carbonyl (C=O) groups is 1. The molecule has 5 rings (SSSR count). The van der Waals surface area contributed by atoms with E-state index < -0.39 is 16.1 Å². The van der Waals surface area contributed by atoms with Gasteiger partial charge in [0.1, 0.15) is 11.8 Å². The molecule has 3 aromatic rings. The molecule has 0 radical (unpaired) electrons. The Kier molecular flexibility index (Phi) is 4.97. The van der Waals surface area contributed by atoms with Crippen LogP contribution in [-0.4, -0.2) is 14.2 Å². The van der Waals surface area contributed by atoms with Gasteiger partial charge in [-0.25, -0.2) is 12.7 Å². The lowest BCUT2D eigenvalue weighted by Crippen LogP contribution is -2.39. The second kappa shape index (κ2) is 7.63. The average molecular weight is 463 g/mol. The molecule has 1 aliphatic carbocycles. The number of nitrogens with zero attached hydrogens (tertiary/aromatic N) is 1. The monoisotopic (exact) mass is 462 g/mol. The molecular weight excluding hydrogens is 436 g/mol. The van der Waals surface area contributed by atoms with Crippen LogP contribution < -0.4 is 9.62 Å². The predicted octanol–water partition coefficient (Wildman–Crippen LogP) is 5.59. The highest BCUT2D eigenvalue weighted by Crippen LogP contribution is 2.50. The van der Waals surface area contributed by atoms with Gasteiger partial charge in [-0.2, -0.15) is 0 Å². The molecular formula is C26H26N2O4S. The Morgan fingerprint density at radius 2 is 1.73 bits per heavy atom. The van der Waals surface area contributed by atoms with Crippen LogP contribution in [0.25, 0.3) is 0 Å². The normalized spacial score (nSPS) is 20.0. The van der Waals surface area contributed by atoms with Crippen LogP contribution in [0.4, 0.5) is 11.4 Å². The van der Waals surface area contributed by atoms with Gasteiger partial charge in [-0.15, -0.1) is 0 Å². The van der Waals surface area contributed by atoms with E-state index >= 15 is 0 Å². The van der Waals surface area contributed by atoms with E-state index in [9.17, 15) is 13.2 Å². The molecule has 2 aromatic carbocycles. The summed E-state index contributed by atoms with van der Waals surface area (Å²) < 4.78 is 35.4. The van der Waals surface area contributed by atoms with Crippen molar-refractivity contribution in [2.45, 2.75) is 44.6 Å². The minimum absolute atomic E-state index is 0.0768. The Morgan fingerprint density at radius 3 is 2.42 bits per heavy atom. The summed E-state index contributed by atoms with van der Waals surface area (Å²) in [6.07, 6.45) is 2.46. The second-order valence-electron chi connectivity index (χ2n) is 9.51. The summed E-state index contributed by atoms with van der Waals surface area (Å²) >= 11 is 0. The number of carbonyl (C=O) groups excluding carboxylic acids is 1. The molecule has 0 bridgehead atoms. The van der Waals surface area contributed by atoms with Gasteiger partial charge in [-0.05, 0) is 55.2 Å². The molecule has 0 saturated carbocycles. The highest BCUT2D eigenvalue weighted by Gasteiger charge is 2.46. The van der Waals surface area contributed by atoms with E-state index in [0.717, 1.165) is 11.3 Å². The van der Waals surface area contributed by atoms with Crippen molar-refractivity contribution >= 4 is 27.2 Å². The first-order valence-electron chi connectivity index (χ1n) is 10.9. The molecule has 7 heteroatoms. The second-order valence-corrected chi connectivity index (χ2v) is 11.3. The lowest BCUT2D eigenvalue weighted by molar-refractivity contribution is -0.118. The van der Waals surface area contributed by atoms with Gasteiger partial charge < -0.3 is 9.73 Å². The van der Waals surface area contributed by atoms with Gasteiger partial charge in [0.15, 0.2) is 5.78 Å². The molecule has 0 spiro atoms. The maximum atomic E-state index is 14.2. The van der Waals surface area contributed by atoms with Gasteiger partial charge >= 0.3 is 0 Å². The number of benzene rings is 2. The number of allylic oxidation sites excluding steroid dienone is 1. The number of hydrogen-bond acceptors (Lipinski definition) is 5. The Labute approximate surface area is 194 Å². The van der Waals surface area contributed by atoms with E-state index in [0.29, 0.717) is 35.5 Å². The van der Waals surface area contributed by atoms with Gasteiger partial charge in [0, 0.05) is 17.7 Å². The fourth-order valence-corrected chi connectivity index (χ4v) is 6.36. The number of sulfonamides is 1. The van der Waals surface area contributed by atoms with Crippen molar-refractivity contribution in [3.8, 4) is 0 Å². The summed E-state index contributed by atoms with van der Waals surface area (Å²) in [5.74, 6) is 0.330. The number of anilines is 2. The average Bonchev–Trinajstić information content (AvgIpc) is 3.22. The predicted molar refractivity (Wildman–Crippen MR) is 127 cm³/mol. The molecule has 170 valence electrons. The van der Waals surface area contributed by atoms with Crippen molar-refractivity contribution in [2.24, 2.45) is 5.41 Å². The maximum absolute atomic E-state index is 14.2. The van der Waals surface area contributed by atoms with E-state index in [2.05, 4.69) is 19.2 Å². The Bertz CT molecular complexity index is 1350. The Hall–Kier alpha value is -3.32. The van der Waals surface area contributed by atoms with Crippen molar-refractivity contribution in [3.63, 3.8) is 0 Å². The van der Waals surface area contributed by atoms with Crippen LogP contribution in [-0.2, 0) is 14.8 Å². The molecule has 33 heavy (non-hydrogen) atoms. The number of rotatable bonds is 3. The number of nitrogens with one attached hydrogen (secondary N) is 1. The van der Waals surface area contributed by atoms with Crippen LogP contribution >= 0.6 is 0 Å².